The molecule has 1 heterocycles. The second-order valence-corrected chi connectivity index (χ2v) is 7.70. The van der Waals surface area contributed by atoms with Crippen LogP contribution in [0.1, 0.15) is 53.5 Å². The third kappa shape index (κ3) is 3.89. The lowest BCUT2D eigenvalue weighted by Gasteiger charge is -2.32. The fourth-order valence-electron chi connectivity index (χ4n) is 2.89. The van der Waals surface area contributed by atoms with Crippen molar-refractivity contribution in [2.75, 3.05) is 0 Å². The topological polar surface area (TPSA) is 18.5 Å². The van der Waals surface area contributed by atoms with Gasteiger partial charge >= 0.3 is 7.12 Å². The van der Waals surface area contributed by atoms with E-state index in [-0.39, 0.29) is 18.3 Å². The quantitative estimate of drug-likeness (QED) is 0.729. The van der Waals surface area contributed by atoms with E-state index in [9.17, 15) is 0 Å². The van der Waals surface area contributed by atoms with Crippen LogP contribution >= 0.6 is 0 Å². The summed E-state index contributed by atoms with van der Waals surface area (Å²) in [6.45, 7) is 13.0. The number of rotatable bonds is 5. The molecule has 0 saturated carbocycles. The van der Waals surface area contributed by atoms with Crippen LogP contribution in [0.25, 0.3) is 0 Å². The van der Waals surface area contributed by atoms with E-state index in [1.54, 1.807) is 0 Å². The van der Waals surface area contributed by atoms with Crippen LogP contribution in [0.4, 0.5) is 0 Å². The highest BCUT2D eigenvalue weighted by atomic mass is 16.7. The molecule has 0 N–H and O–H groups in total. The van der Waals surface area contributed by atoms with Crippen molar-refractivity contribution in [1.82, 2.24) is 0 Å². The molecule has 0 aromatic heterocycles. The molecule has 0 spiro atoms. The summed E-state index contributed by atoms with van der Waals surface area (Å²) in [4.78, 5) is 0. The lowest BCUT2D eigenvalue weighted by atomic mass is 9.65. The van der Waals surface area contributed by atoms with Gasteiger partial charge in [0.1, 0.15) is 0 Å². The maximum atomic E-state index is 6.28. The van der Waals surface area contributed by atoms with Crippen molar-refractivity contribution in [3.8, 4) is 0 Å². The van der Waals surface area contributed by atoms with Crippen LogP contribution in [0, 0.1) is 5.92 Å². The molecular weight excluding hydrogens is 259 g/mol. The average Bonchev–Trinajstić information content (AvgIpc) is 2.58. The van der Waals surface area contributed by atoms with E-state index in [4.69, 9.17) is 9.31 Å². The van der Waals surface area contributed by atoms with Gasteiger partial charge in [0, 0.05) is 0 Å². The van der Waals surface area contributed by atoms with Crippen molar-refractivity contribution >= 4 is 7.12 Å². The predicted molar refractivity (Wildman–Crippen MR) is 89.4 cm³/mol. The molecule has 0 radical (unpaired) electrons. The van der Waals surface area contributed by atoms with E-state index >= 15 is 0 Å². The Balaban J connectivity index is 2.14. The van der Waals surface area contributed by atoms with E-state index < -0.39 is 0 Å². The standard InChI is InChI=1S/C18H29BO2/c1-14(2)12-16(13-15-10-8-7-9-11-15)19-20-17(3,4)18(5,6)21-19/h7-11,14,16H,12-13H2,1-6H3. The summed E-state index contributed by atoms with van der Waals surface area (Å²) >= 11 is 0. The molecule has 0 aliphatic carbocycles. The minimum Gasteiger partial charge on any atom is -0.403 e. The minimum atomic E-state index is -0.246. The molecule has 1 saturated heterocycles. The normalized spacial score (nSPS) is 21.8. The van der Waals surface area contributed by atoms with Crippen LogP contribution < -0.4 is 0 Å². The van der Waals surface area contributed by atoms with E-state index in [2.05, 4.69) is 71.9 Å². The van der Waals surface area contributed by atoms with Crippen LogP contribution in [0.15, 0.2) is 30.3 Å². The Morgan fingerprint density at radius 1 is 0.952 bits per heavy atom. The maximum absolute atomic E-state index is 6.28. The van der Waals surface area contributed by atoms with E-state index in [1.165, 1.54) is 5.56 Å². The van der Waals surface area contributed by atoms with E-state index in [0.29, 0.717) is 11.7 Å². The molecule has 1 aliphatic heterocycles. The van der Waals surface area contributed by atoms with Crippen LogP contribution in [-0.4, -0.2) is 18.3 Å². The van der Waals surface area contributed by atoms with Gasteiger partial charge in [-0.15, -0.1) is 0 Å². The monoisotopic (exact) mass is 288 g/mol. The lowest BCUT2D eigenvalue weighted by Crippen LogP contribution is -2.41. The molecule has 3 heteroatoms. The molecule has 0 bridgehead atoms. The van der Waals surface area contributed by atoms with Gasteiger partial charge in [-0.1, -0.05) is 44.2 Å². The van der Waals surface area contributed by atoms with Crippen molar-refractivity contribution in [2.24, 2.45) is 5.92 Å². The molecule has 1 aromatic rings. The number of hydrogen-bond donors (Lipinski definition) is 0. The Labute approximate surface area is 130 Å². The second-order valence-electron chi connectivity index (χ2n) is 7.70. The molecule has 1 unspecified atom stereocenters. The van der Waals surface area contributed by atoms with Gasteiger partial charge in [-0.05, 0) is 57.8 Å². The first-order chi connectivity index (χ1) is 9.71. The molecule has 1 aromatic carbocycles. The summed E-state index contributed by atoms with van der Waals surface area (Å²) in [5, 5.41) is 0. The molecule has 2 nitrogen and oxygen atoms in total. The van der Waals surface area contributed by atoms with Gasteiger partial charge in [-0.25, -0.2) is 0 Å². The Bertz CT molecular complexity index is 438. The highest BCUT2D eigenvalue weighted by Crippen LogP contribution is 2.42. The van der Waals surface area contributed by atoms with Gasteiger partial charge < -0.3 is 9.31 Å². The first-order valence-corrected chi connectivity index (χ1v) is 8.11. The summed E-state index contributed by atoms with van der Waals surface area (Å²) in [6.07, 6.45) is 2.13. The maximum Gasteiger partial charge on any atom is 0.461 e. The summed E-state index contributed by atoms with van der Waals surface area (Å²) in [5.41, 5.74) is 0.866. The van der Waals surface area contributed by atoms with Gasteiger partial charge in [0.2, 0.25) is 0 Å². The third-order valence-corrected chi connectivity index (χ3v) is 4.77. The first-order valence-electron chi connectivity index (χ1n) is 8.11. The SMILES string of the molecule is CC(C)CC(Cc1ccccc1)B1OC(C)(C)C(C)(C)O1. The van der Waals surface area contributed by atoms with Gasteiger partial charge in [-0.3, -0.25) is 0 Å². The number of benzene rings is 1. The smallest absolute Gasteiger partial charge is 0.403 e. The highest BCUT2D eigenvalue weighted by molar-refractivity contribution is 6.47. The fourth-order valence-corrected chi connectivity index (χ4v) is 2.89. The molecular formula is C18H29BO2. The van der Waals surface area contributed by atoms with Crippen molar-refractivity contribution in [3.05, 3.63) is 35.9 Å². The minimum absolute atomic E-state index is 0.113. The van der Waals surface area contributed by atoms with E-state index in [1.807, 2.05) is 0 Å². The molecule has 1 fully saturated rings. The Morgan fingerprint density at radius 2 is 1.48 bits per heavy atom. The Hall–Kier alpha value is -0.795. The van der Waals surface area contributed by atoms with Gasteiger partial charge in [0.05, 0.1) is 11.2 Å². The zero-order chi connectivity index (χ0) is 15.7. The summed E-state index contributed by atoms with van der Waals surface area (Å²) in [5.74, 6) is 1.03. The van der Waals surface area contributed by atoms with Crippen LogP contribution in [-0.2, 0) is 15.7 Å². The van der Waals surface area contributed by atoms with Crippen molar-refractivity contribution in [2.45, 2.75) is 71.4 Å². The summed E-state index contributed by atoms with van der Waals surface area (Å²) in [6, 6.07) is 10.7. The summed E-state index contributed by atoms with van der Waals surface area (Å²) < 4.78 is 12.6. The van der Waals surface area contributed by atoms with Crippen molar-refractivity contribution < 1.29 is 9.31 Å². The largest absolute Gasteiger partial charge is 0.461 e. The zero-order valence-electron chi connectivity index (χ0n) is 14.3. The van der Waals surface area contributed by atoms with Crippen molar-refractivity contribution in [1.29, 1.82) is 0 Å². The van der Waals surface area contributed by atoms with Gasteiger partial charge in [-0.2, -0.15) is 0 Å². The first kappa shape index (κ1) is 16.6. The molecule has 1 aliphatic rings. The number of hydrogen-bond acceptors (Lipinski definition) is 2. The molecule has 2 rings (SSSR count). The molecule has 0 amide bonds. The van der Waals surface area contributed by atoms with Crippen LogP contribution in [0.3, 0.4) is 0 Å². The third-order valence-electron chi connectivity index (χ3n) is 4.77. The predicted octanol–water partition coefficient (Wildman–Crippen LogP) is 4.74. The van der Waals surface area contributed by atoms with Gasteiger partial charge in [0.15, 0.2) is 0 Å². The van der Waals surface area contributed by atoms with Gasteiger partial charge in [0.25, 0.3) is 0 Å². The molecule has 21 heavy (non-hydrogen) atoms. The van der Waals surface area contributed by atoms with E-state index in [0.717, 1.165) is 12.8 Å². The Morgan fingerprint density at radius 3 is 1.95 bits per heavy atom. The fraction of sp³-hybridized carbons (Fsp3) is 0.667. The van der Waals surface area contributed by atoms with Crippen LogP contribution in [0.5, 0.6) is 0 Å². The van der Waals surface area contributed by atoms with Crippen LogP contribution in [0.2, 0.25) is 5.82 Å². The molecule has 1 atom stereocenters. The zero-order valence-corrected chi connectivity index (χ0v) is 14.3. The summed E-state index contributed by atoms with van der Waals surface area (Å²) in [7, 11) is -0.113. The average molecular weight is 288 g/mol. The highest BCUT2D eigenvalue weighted by Gasteiger charge is 2.53. The second kappa shape index (κ2) is 6.14. The van der Waals surface area contributed by atoms with Crippen molar-refractivity contribution in [3.63, 3.8) is 0 Å². The Kier molecular flexibility index (Phi) is 4.84. The molecule has 116 valence electrons. The lowest BCUT2D eigenvalue weighted by molar-refractivity contribution is 0.00578.